The van der Waals surface area contributed by atoms with Crippen molar-refractivity contribution in [3.63, 3.8) is 0 Å². The Morgan fingerprint density at radius 2 is 1.94 bits per heavy atom. The molecule has 0 spiro atoms. The molecule has 18 heavy (non-hydrogen) atoms. The van der Waals surface area contributed by atoms with Crippen molar-refractivity contribution in [2.45, 2.75) is 12.5 Å². The fourth-order valence-corrected chi connectivity index (χ4v) is 2.40. The molecule has 0 saturated carbocycles. The first-order valence-corrected chi connectivity index (χ1v) is 6.69. The predicted octanol–water partition coefficient (Wildman–Crippen LogP) is 4.48. The van der Waals surface area contributed by atoms with Gasteiger partial charge >= 0.3 is 0 Å². The van der Waals surface area contributed by atoms with Crippen LogP contribution in [0.5, 0.6) is 0 Å². The van der Waals surface area contributed by atoms with Crippen molar-refractivity contribution in [3.05, 3.63) is 68.9 Å². The molecule has 2 N–H and O–H groups in total. The zero-order valence-corrected chi connectivity index (χ0v) is 11.9. The molecule has 2 aromatic rings. The van der Waals surface area contributed by atoms with Gasteiger partial charge in [-0.2, -0.15) is 0 Å². The van der Waals surface area contributed by atoms with Crippen LogP contribution in [-0.2, 0) is 6.42 Å². The maximum Gasteiger partial charge on any atom is 0.128 e. The summed E-state index contributed by atoms with van der Waals surface area (Å²) >= 11 is 9.38. The van der Waals surface area contributed by atoms with Gasteiger partial charge in [0.1, 0.15) is 5.82 Å². The third-order valence-corrected chi connectivity index (χ3v) is 3.62. The first-order valence-electron chi connectivity index (χ1n) is 5.52. The van der Waals surface area contributed by atoms with Gasteiger partial charge in [-0.3, -0.25) is 0 Å². The Hall–Kier alpha value is -0.900. The van der Waals surface area contributed by atoms with E-state index in [1.807, 2.05) is 18.2 Å². The predicted molar refractivity (Wildman–Crippen MR) is 76.2 cm³/mol. The van der Waals surface area contributed by atoms with Gasteiger partial charge in [0, 0.05) is 21.1 Å². The number of benzene rings is 2. The maximum atomic E-state index is 13.7. The normalized spacial score (nSPS) is 12.4. The van der Waals surface area contributed by atoms with Crippen LogP contribution >= 0.6 is 27.5 Å². The molecule has 0 aliphatic carbocycles. The Bertz CT molecular complexity index is 559. The summed E-state index contributed by atoms with van der Waals surface area (Å²) in [5.41, 5.74) is 7.46. The highest BCUT2D eigenvalue weighted by Crippen LogP contribution is 2.25. The van der Waals surface area contributed by atoms with Crippen LogP contribution in [0.2, 0.25) is 5.02 Å². The molecule has 94 valence electrons. The molecule has 0 fully saturated rings. The fraction of sp³-hybridized carbons (Fsp3) is 0.143. The minimum Gasteiger partial charge on any atom is -0.324 e. The van der Waals surface area contributed by atoms with E-state index in [1.165, 1.54) is 6.07 Å². The van der Waals surface area contributed by atoms with Gasteiger partial charge in [0.25, 0.3) is 0 Å². The molecular weight excluding hydrogens is 317 g/mol. The second-order valence-corrected chi connectivity index (χ2v) is 5.39. The molecule has 2 rings (SSSR count). The summed E-state index contributed by atoms with van der Waals surface area (Å²) in [5.74, 6) is -0.294. The van der Waals surface area contributed by atoms with E-state index in [0.717, 1.165) is 10.0 Å². The number of halogens is 3. The van der Waals surface area contributed by atoms with Crippen LogP contribution < -0.4 is 5.73 Å². The Morgan fingerprint density at radius 3 is 2.67 bits per heavy atom. The summed E-state index contributed by atoms with van der Waals surface area (Å²) < 4.78 is 14.5. The van der Waals surface area contributed by atoms with Gasteiger partial charge in [-0.1, -0.05) is 45.7 Å². The van der Waals surface area contributed by atoms with Crippen LogP contribution in [0.1, 0.15) is 17.2 Å². The van der Waals surface area contributed by atoms with Crippen molar-refractivity contribution in [1.29, 1.82) is 0 Å². The van der Waals surface area contributed by atoms with Gasteiger partial charge in [0.2, 0.25) is 0 Å². The average Bonchev–Trinajstić information content (AvgIpc) is 2.35. The van der Waals surface area contributed by atoms with Crippen molar-refractivity contribution in [3.8, 4) is 0 Å². The standard InChI is InChI=1S/C14H12BrClFN/c15-10-5-6-13(17)11(8-10)14(18)7-9-3-1-2-4-12(9)16/h1-6,8,14H,7,18H2. The second-order valence-electron chi connectivity index (χ2n) is 4.07. The molecule has 0 aromatic heterocycles. The monoisotopic (exact) mass is 327 g/mol. The third kappa shape index (κ3) is 3.10. The zero-order valence-electron chi connectivity index (χ0n) is 9.54. The number of nitrogens with two attached hydrogens (primary N) is 1. The quantitative estimate of drug-likeness (QED) is 0.883. The van der Waals surface area contributed by atoms with E-state index < -0.39 is 6.04 Å². The van der Waals surface area contributed by atoms with E-state index in [4.69, 9.17) is 17.3 Å². The van der Waals surface area contributed by atoms with E-state index in [1.54, 1.807) is 18.2 Å². The summed E-state index contributed by atoms with van der Waals surface area (Å²) in [6, 6.07) is 11.8. The molecule has 0 heterocycles. The summed E-state index contributed by atoms with van der Waals surface area (Å²) in [6.07, 6.45) is 0.507. The van der Waals surface area contributed by atoms with Crippen LogP contribution in [0.4, 0.5) is 4.39 Å². The Kier molecular flexibility index (Phi) is 4.38. The van der Waals surface area contributed by atoms with Gasteiger partial charge in [0.05, 0.1) is 0 Å². The minimum atomic E-state index is -0.414. The first kappa shape index (κ1) is 13.5. The third-order valence-electron chi connectivity index (χ3n) is 2.76. The lowest BCUT2D eigenvalue weighted by Crippen LogP contribution is -2.15. The van der Waals surface area contributed by atoms with Gasteiger partial charge in [-0.15, -0.1) is 0 Å². The first-order chi connectivity index (χ1) is 8.58. The molecule has 0 radical (unpaired) electrons. The van der Waals surface area contributed by atoms with E-state index in [9.17, 15) is 4.39 Å². The van der Waals surface area contributed by atoms with Crippen molar-refractivity contribution < 1.29 is 4.39 Å². The molecular formula is C14H12BrClFN. The molecule has 2 aromatic carbocycles. The van der Waals surface area contributed by atoms with Gasteiger partial charge in [0.15, 0.2) is 0 Å². The van der Waals surface area contributed by atoms with Crippen LogP contribution in [-0.4, -0.2) is 0 Å². The Morgan fingerprint density at radius 1 is 1.22 bits per heavy atom. The van der Waals surface area contributed by atoms with Gasteiger partial charge in [-0.25, -0.2) is 4.39 Å². The SMILES string of the molecule is NC(Cc1ccccc1Cl)c1cc(Br)ccc1F. The smallest absolute Gasteiger partial charge is 0.128 e. The molecule has 0 bridgehead atoms. The topological polar surface area (TPSA) is 26.0 Å². The van der Waals surface area contributed by atoms with Crippen LogP contribution in [0, 0.1) is 5.82 Å². The fourth-order valence-electron chi connectivity index (χ4n) is 1.81. The molecule has 1 unspecified atom stereocenters. The summed E-state index contributed by atoms with van der Waals surface area (Å²) in [5, 5.41) is 0.656. The maximum absolute atomic E-state index is 13.7. The van der Waals surface area contributed by atoms with Crippen molar-refractivity contribution in [2.75, 3.05) is 0 Å². The molecule has 0 aliphatic rings. The van der Waals surface area contributed by atoms with E-state index in [0.29, 0.717) is 17.0 Å². The summed E-state index contributed by atoms with van der Waals surface area (Å²) in [4.78, 5) is 0. The molecule has 0 saturated heterocycles. The van der Waals surface area contributed by atoms with Crippen LogP contribution in [0.15, 0.2) is 46.9 Å². The zero-order chi connectivity index (χ0) is 13.1. The molecule has 0 amide bonds. The van der Waals surface area contributed by atoms with Crippen LogP contribution in [0.3, 0.4) is 0 Å². The van der Waals surface area contributed by atoms with Crippen LogP contribution in [0.25, 0.3) is 0 Å². The number of rotatable bonds is 3. The molecule has 1 atom stereocenters. The lowest BCUT2D eigenvalue weighted by atomic mass is 9.99. The second kappa shape index (κ2) is 5.83. The highest BCUT2D eigenvalue weighted by Gasteiger charge is 2.13. The highest BCUT2D eigenvalue weighted by molar-refractivity contribution is 9.10. The van der Waals surface area contributed by atoms with Crippen molar-refractivity contribution in [1.82, 2.24) is 0 Å². The number of hydrogen-bond donors (Lipinski definition) is 1. The van der Waals surface area contributed by atoms with E-state index >= 15 is 0 Å². The Labute approximate surface area is 119 Å². The van der Waals surface area contributed by atoms with Gasteiger partial charge < -0.3 is 5.73 Å². The van der Waals surface area contributed by atoms with E-state index in [-0.39, 0.29) is 5.82 Å². The number of hydrogen-bond acceptors (Lipinski definition) is 1. The summed E-state index contributed by atoms with van der Waals surface area (Å²) in [7, 11) is 0. The van der Waals surface area contributed by atoms with Crippen molar-refractivity contribution >= 4 is 27.5 Å². The lowest BCUT2D eigenvalue weighted by molar-refractivity contribution is 0.580. The molecule has 4 heteroatoms. The largest absolute Gasteiger partial charge is 0.324 e. The molecule has 0 aliphatic heterocycles. The summed E-state index contributed by atoms with van der Waals surface area (Å²) in [6.45, 7) is 0. The highest BCUT2D eigenvalue weighted by atomic mass is 79.9. The minimum absolute atomic E-state index is 0.294. The lowest BCUT2D eigenvalue weighted by Gasteiger charge is -2.14. The van der Waals surface area contributed by atoms with Gasteiger partial charge in [-0.05, 0) is 36.2 Å². The van der Waals surface area contributed by atoms with E-state index in [2.05, 4.69) is 15.9 Å². The Balaban J connectivity index is 2.25. The van der Waals surface area contributed by atoms with Crippen molar-refractivity contribution in [2.24, 2.45) is 5.73 Å². The average molecular weight is 329 g/mol. The molecule has 1 nitrogen and oxygen atoms in total.